The average Bonchev–Trinajstić information content (AvgIpc) is 3.45. The number of benzene rings is 2. The Bertz CT molecular complexity index is 1820. The molecule has 0 spiro atoms. The highest BCUT2D eigenvalue weighted by Crippen LogP contribution is 2.35. The van der Waals surface area contributed by atoms with Gasteiger partial charge < -0.3 is 15.8 Å². The predicted octanol–water partition coefficient (Wildman–Crippen LogP) is 4.32. The quantitative estimate of drug-likeness (QED) is 0.219. The molecule has 45 heavy (non-hydrogen) atoms. The summed E-state index contributed by atoms with van der Waals surface area (Å²) >= 11 is 0. The fraction of sp³-hybridized carbons (Fsp3) is 0.273. The van der Waals surface area contributed by atoms with Gasteiger partial charge in [-0.25, -0.2) is 14.6 Å². The van der Waals surface area contributed by atoms with Crippen LogP contribution in [-0.4, -0.2) is 60.6 Å². The van der Waals surface area contributed by atoms with Gasteiger partial charge in [0.05, 0.1) is 29.0 Å². The molecule has 3 aromatic heterocycles. The SMILES string of the molecule is Nc1ncnc2c1c(-c1ccc(Oc3ccccc3)cc1)nn2C1CCN(Cc2ccc(NC3CCC(=O)NC3=O)cn2)CC1. The Morgan fingerprint density at radius 3 is 2.42 bits per heavy atom. The Labute approximate surface area is 259 Å². The van der Waals surface area contributed by atoms with Crippen LogP contribution in [0.3, 0.4) is 0 Å². The molecule has 12 nitrogen and oxygen atoms in total. The molecule has 228 valence electrons. The molecule has 0 bridgehead atoms. The van der Waals surface area contributed by atoms with Crippen LogP contribution in [0.5, 0.6) is 11.5 Å². The number of fused-ring (bicyclic) bond motifs is 1. The first-order chi connectivity index (χ1) is 22.0. The summed E-state index contributed by atoms with van der Waals surface area (Å²) in [5, 5.41) is 11.3. The minimum atomic E-state index is -0.429. The molecule has 5 aromatic rings. The number of hydrogen-bond acceptors (Lipinski definition) is 10. The number of nitrogens with one attached hydrogen (secondary N) is 2. The van der Waals surface area contributed by atoms with Crippen molar-refractivity contribution in [3.63, 3.8) is 0 Å². The van der Waals surface area contributed by atoms with Gasteiger partial charge in [0.2, 0.25) is 11.8 Å². The van der Waals surface area contributed by atoms with E-state index in [9.17, 15) is 9.59 Å². The molecule has 2 fully saturated rings. The van der Waals surface area contributed by atoms with Gasteiger partial charge in [-0.05, 0) is 67.8 Å². The van der Waals surface area contributed by atoms with Gasteiger partial charge in [-0.1, -0.05) is 18.2 Å². The van der Waals surface area contributed by atoms with Gasteiger partial charge in [0, 0.05) is 31.6 Å². The minimum absolute atomic E-state index is 0.167. The number of ether oxygens (including phenoxy) is 1. The average molecular weight is 604 g/mol. The van der Waals surface area contributed by atoms with Crippen molar-refractivity contribution in [3.05, 3.63) is 84.9 Å². The van der Waals surface area contributed by atoms with Crippen molar-refractivity contribution in [1.29, 1.82) is 0 Å². The van der Waals surface area contributed by atoms with Crippen molar-refractivity contribution in [3.8, 4) is 22.8 Å². The first-order valence-corrected chi connectivity index (χ1v) is 15.1. The zero-order valence-electron chi connectivity index (χ0n) is 24.6. The highest BCUT2D eigenvalue weighted by molar-refractivity contribution is 6.01. The summed E-state index contributed by atoms with van der Waals surface area (Å²) in [6, 6.07) is 21.1. The molecule has 2 aromatic carbocycles. The van der Waals surface area contributed by atoms with Crippen molar-refractivity contribution in [2.45, 2.75) is 44.3 Å². The second-order valence-corrected chi connectivity index (χ2v) is 11.4. The zero-order valence-corrected chi connectivity index (χ0v) is 24.6. The van der Waals surface area contributed by atoms with Gasteiger partial charge in [-0.15, -0.1) is 0 Å². The van der Waals surface area contributed by atoms with Crippen molar-refractivity contribution in [2.75, 3.05) is 24.1 Å². The molecule has 2 aliphatic heterocycles. The number of piperidine rings is 2. The number of pyridine rings is 1. The van der Waals surface area contributed by atoms with Crippen molar-refractivity contribution >= 4 is 34.4 Å². The molecule has 0 aliphatic carbocycles. The lowest BCUT2D eigenvalue weighted by atomic mass is 10.0. The van der Waals surface area contributed by atoms with Crippen LogP contribution in [-0.2, 0) is 16.1 Å². The topological polar surface area (TPSA) is 153 Å². The van der Waals surface area contributed by atoms with Gasteiger partial charge >= 0.3 is 0 Å². The number of nitrogens with two attached hydrogens (primary N) is 1. The maximum atomic E-state index is 12.1. The first-order valence-electron chi connectivity index (χ1n) is 15.1. The number of aromatic nitrogens is 5. The van der Waals surface area contributed by atoms with Crippen LogP contribution in [0.25, 0.3) is 22.3 Å². The van der Waals surface area contributed by atoms with E-state index in [2.05, 4.69) is 30.5 Å². The number of hydrogen-bond donors (Lipinski definition) is 3. The van der Waals surface area contributed by atoms with E-state index in [0.29, 0.717) is 18.7 Å². The van der Waals surface area contributed by atoms with Gasteiger partial charge in [-0.2, -0.15) is 5.10 Å². The Hall–Kier alpha value is -5.36. The lowest BCUT2D eigenvalue weighted by Gasteiger charge is -2.32. The fourth-order valence-corrected chi connectivity index (χ4v) is 5.94. The lowest BCUT2D eigenvalue weighted by molar-refractivity contribution is -0.133. The van der Waals surface area contributed by atoms with Crippen LogP contribution in [0.1, 0.15) is 37.4 Å². The predicted molar refractivity (Wildman–Crippen MR) is 169 cm³/mol. The normalized spacial score (nSPS) is 17.7. The number of amides is 2. The Morgan fingerprint density at radius 2 is 1.69 bits per heavy atom. The van der Waals surface area contributed by atoms with Crippen LogP contribution in [0, 0.1) is 0 Å². The smallest absolute Gasteiger partial charge is 0.249 e. The third kappa shape index (κ3) is 6.18. The Balaban J connectivity index is 1.01. The Morgan fingerprint density at radius 1 is 0.911 bits per heavy atom. The molecule has 4 N–H and O–H groups in total. The van der Waals surface area contributed by atoms with Crippen LogP contribution < -0.4 is 21.1 Å². The molecule has 12 heteroatoms. The van der Waals surface area contributed by atoms with E-state index in [1.165, 1.54) is 6.33 Å². The third-order valence-corrected chi connectivity index (χ3v) is 8.32. The molecule has 5 heterocycles. The number of nitrogens with zero attached hydrogens (tertiary/aromatic N) is 6. The van der Waals surface area contributed by atoms with Crippen molar-refractivity contribution < 1.29 is 14.3 Å². The van der Waals surface area contributed by atoms with Crippen LogP contribution in [0.2, 0.25) is 0 Å². The van der Waals surface area contributed by atoms with Gasteiger partial charge in [0.1, 0.15) is 35.4 Å². The number of rotatable bonds is 8. The maximum Gasteiger partial charge on any atom is 0.249 e. The van der Waals surface area contributed by atoms with Crippen molar-refractivity contribution in [1.82, 2.24) is 34.9 Å². The van der Waals surface area contributed by atoms with Crippen LogP contribution in [0.15, 0.2) is 79.3 Å². The van der Waals surface area contributed by atoms with E-state index in [1.54, 1.807) is 6.20 Å². The summed E-state index contributed by atoms with van der Waals surface area (Å²) in [5.41, 5.74) is 10.5. The second kappa shape index (κ2) is 12.3. The van der Waals surface area contributed by atoms with Gasteiger partial charge in [0.25, 0.3) is 0 Å². The summed E-state index contributed by atoms with van der Waals surface area (Å²) in [6.07, 6.45) is 5.85. The molecule has 2 saturated heterocycles. The molecular formula is C33H33N9O3. The van der Waals surface area contributed by atoms with Crippen molar-refractivity contribution in [2.24, 2.45) is 0 Å². The summed E-state index contributed by atoms with van der Waals surface area (Å²) in [5.74, 6) is 1.40. The molecule has 0 saturated carbocycles. The highest BCUT2D eigenvalue weighted by Gasteiger charge is 2.28. The van der Waals surface area contributed by atoms with E-state index in [-0.39, 0.29) is 17.9 Å². The molecule has 2 amide bonds. The monoisotopic (exact) mass is 603 g/mol. The van der Waals surface area contributed by atoms with E-state index in [4.69, 9.17) is 15.6 Å². The van der Waals surface area contributed by atoms with Crippen LogP contribution >= 0.6 is 0 Å². The molecule has 1 atom stereocenters. The number of anilines is 2. The maximum absolute atomic E-state index is 12.1. The number of likely N-dealkylation sites (tertiary alicyclic amines) is 1. The van der Waals surface area contributed by atoms with Crippen LogP contribution in [0.4, 0.5) is 11.5 Å². The fourth-order valence-electron chi connectivity index (χ4n) is 5.94. The number of carbonyl (C=O) groups is 2. The standard InChI is InChI=1S/C33H33N9O3/c34-31-29-30(21-6-10-26(11-7-21)45-25-4-2-1-3-5-25)40-42(32(29)37-20-36-31)24-14-16-41(17-15-24)19-23-9-8-22(18-35-23)38-27-12-13-28(43)39-33(27)44/h1-11,18,20,24,27,38H,12-17,19H2,(H2,34,36,37)(H,39,43,44). The van der Waals surface area contributed by atoms with E-state index in [0.717, 1.165) is 77.6 Å². The van der Waals surface area contributed by atoms with Gasteiger partial charge in [-0.3, -0.25) is 24.8 Å². The highest BCUT2D eigenvalue weighted by atomic mass is 16.5. The first kappa shape index (κ1) is 28.4. The summed E-state index contributed by atoms with van der Waals surface area (Å²) < 4.78 is 7.98. The molecule has 1 unspecified atom stereocenters. The summed E-state index contributed by atoms with van der Waals surface area (Å²) in [7, 11) is 0. The Kier molecular flexibility index (Phi) is 7.78. The number of imide groups is 1. The summed E-state index contributed by atoms with van der Waals surface area (Å²) in [6.45, 7) is 2.49. The lowest BCUT2D eigenvalue weighted by Crippen LogP contribution is -2.47. The second-order valence-electron chi connectivity index (χ2n) is 11.4. The minimum Gasteiger partial charge on any atom is -0.457 e. The number of para-hydroxylation sites is 1. The zero-order chi connectivity index (χ0) is 30.8. The third-order valence-electron chi connectivity index (χ3n) is 8.32. The van der Waals surface area contributed by atoms with Gasteiger partial charge in [0.15, 0.2) is 5.65 Å². The largest absolute Gasteiger partial charge is 0.457 e. The molecular weight excluding hydrogens is 570 g/mol. The molecule has 2 aliphatic rings. The number of nitrogen functional groups attached to an aromatic ring is 1. The summed E-state index contributed by atoms with van der Waals surface area (Å²) in [4.78, 5) is 39.3. The molecule has 0 radical (unpaired) electrons. The van der Waals surface area contributed by atoms with E-state index >= 15 is 0 Å². The van der Waals surface area contributed by atoms with E-state index in [1.807, 2.05) is 71.4 Å². The van der Waals surface area contributed by atoms with E-state index < -0.39 is 6.04 Å². The number of carbonyl (C=O) groups excluding carboxylic acids is 2. The molecule has 7 rings (SSSR count).